The van der Waals surface area contributed by atoms with E-state index >= 15 is 0 Å². The maximum absolute atomic E-state index is 13.1. The Labute approximate surface area is 78.8 Å². The van der Waals surface area contributed by atoms with Gasteiger partial charge in [-0.1, -0.05) is 0 Å². The molecule has 0 saturated carbocycles. The van der Waals surface area contributed by atoms with Gasteiger partial charge in [0.05, 0.1) is 11.1 Å². The van der Waals surface area contributed by atoms with Gasteiger partial charge in [-0.05, 0) is 6.07 Å². The highest BCUT2D eigenvalue weighted by Crippen LogP contribution is 2.20. The van der Waals surface area contributed by atoms with Crippen molar-refractivity contribution in [3.05, 3.63) is 29.8 Å². The van der Waals surface area contributed by atoms with Gasteiger partial charge in [0.15, 0.2) is 0 Å². The number of anilines is 1. The molecule has 0 unspecified atom stereocenters. The third-order valence-corrected chi connectivity index (χ3v) is 1.88. The monoisotopic (exact) mass is 188 g/mol. The number of hydrogen-bond donors (Lipinski definition) is 1. The minimum atomic E-state index is -0.599. The van der Waals surface area contributed by atoms with Crippen LogP contribution in [0.5, 0.6) is 0 Å². The van der Waals surface area contributed by atoms with Crippen LogP contribution in [0.4, 0.5) is 10.2 Å². The van der Waals surface area contributed by atoms with Crippen LogP contribution in [-0.2, 0) is 0 Å². The van der Waals surface area contributed by atoms with Gasteiger partial charge in [-0.15, -0.1) is 0 Å². The Morgan fingerprint density at radius 2 is 2.14 bits per heavy atom. The predicted octanol–water partition coefficient (Wildman–Crippen LogP) is 1.22. The van der Waals surface area contributed by atoms with Crippen LogP contribution >= 0.6 is 0 Å². The molecular formula is C9H5FN4. The van der Waals surface area contributed by atoms with Crippen LogP contribution in [0.1, 0.15) is 5.56 Å². The summed E-state index contributed by atoms with van der Waals surface area (Å²) in [5.74, 6) is -0.357. The van der Waals surface area contributed by atoms with Crippen molar-refractivity contribution in [3.63, 3.8) is 0 Å². The first kappa shape index (κ1) is 8.38. The van der Waals surface area contributed by atoms with E-state index in [9.17, 15) is 4.39 Å². The largest absolute Gasteiger partial charge is 0.383 e. The minimum Gasteiger partial charge on any atom is -0.383 e. The number of nitrogen functional groups attached to an aromatic ring is 1. The first-order valence-corrected chi connectivity index (χ1v) is 3.82. The van der Waals surface area contributed by atoms with Gasteiger partial charge >= 0.3 is 0 Å². The number of hydrogen-bond acceptors (Lipinski definition) is 4. The Morgan fingerprint density at radius 3 is 2.86 bits per heavy atom. The number of nitriles is 1. The van der Waals surface area contributed by atoms with Gasteiger partial charge < -0.3 is 5.73 Å². The topological polar surface area (TPSA) is 75.6 Å². The number of halogens is 1. The van der Waals surface area contributed by atoms with Crippen molar-refractivity contribution < 1.29 is 4.39 Å². The molecule has 0 fully saturated rings. The normalized spacial score (nSPS) is 10.0. The Morgan fingerprint density at radius 1 is 1.36 bits per heavy atom. The van der Waals surface area contributed by atoms with Crippen molar-refractivity contribution in [2.45, 2.75) is 0 Å². The summed E-state index contributed by atoms with van der Waals surface area (Å²) in [5, 5.41) is 9.09. The number of aromatic nitrogens is 2. The molecule has 1 heterocycles. The van der Waals surface area contributed by atoms with Crippen LogP contribution in [0.3, 0.4) is 0 Å². The molecule has 0 bridgehead atoms. The smallest absolute Gasteiger partial charge is 0.143 e. The van der Waals surface area contributed by atoms with Gasteiger partial charge in [0, 0.05) is 11.5 Å². The van der Waals surface area contributed by atoms with Crippen molar-refractivity contribution in [1.82, 2.24) is 9.97 Å². The maximum atomic E-state index is 13.1. The molecule has 5 heteroatoms. The average Bonchev–Trinajstić information content (AvgIpc) is 2.17. The van der Waals surface area contributed by atoms with Gasteiger partial charge in [-0.3, -0.25) is 0 Å². The van der Waals surface area contributed by atoms with E-state index in [0.29, 0.717) is 10.9 Å². The van der Waals surface area contributed by atoms with E-state index in [2.05, 4.69) is 9.97 Å². The zero-order valence-electron chi connectivity index (χ0n) is 7.03. The van der Waals surface area contributed by atoms with Crippen molar-refractivity contribution >= 4 is 16.7 Å². The minimum absolute atomic E-state index is 0.0565. The Bertz CT molecular complexity index is 544. The third-order valence-electron chi connectivity index (χ3n) is 1.88. The zero-order valence-corrected chi connectivity index (χ0v) is 7.03. The second kappa shape index (κ2) is 2.92. The molecule has 0 aliphatic rings. The number of rotatable bonds is 0. The van der Waals surface area contributed by atoms with Gasteiger partial charge in [0.2, 0.25) is 0 Å². The number of nitrogens with zero attached hydrogens (tertiary/aromatic N) is 3. The zero-order chi connectivity index (χ0) is 10.1. The Balaban J connectivity index is 2.89. The van der Waals surface area contributed by atoms with Crippen LogP contribution in [0.2, 0.25) is 0 Å². The standard InChI is InChI=1S/C9H5FN4/c10-7-2-8-6(1-5(7)3-11)9(12)14-4-13-8/h1-2,4H,(H2,12,13,14). The van der Waals surface area contributed by atoms with E-state index in [1.165, 1.54) is 18.5 Å². The molecule has 0 amide bonds. The molecular weight excluding hydrogens is 183 g/mol. The summed E-state index contributed by atoms with van der Waals surface area (Å²) in [5.41, 5.74) is 5.89. The lowest BCUT2D eigenvalue weighted by molar-refractivity contribution is 0.625. The average molecular weight is 188 g/mol. The predicted molar refractivity (Wildman–Crippen MR) is 48.6 cm³/mol. The first-order valence-electron chi connectivity index (χ1n) is 3.82. The molecule has 1 aromatic heterocycles. The molecule has 68 valence electrons. The summed E-state index contributed by atoms with van der Waals surface area (Å²) >= 11 is 0. The molecule has 2 aromatic rings. The summed E-state index contributed by atoms with van der Waals surface area (Å²) in [6.45, 7) is 0. The van der Waals surface area contributed by atoms with E-state index in [1.807, 2.05) is 0 Å². The lowest BCUT2D eigenvalue weighted by Crippen LogP contribution is -1.95. The molecule has 2 N–H and O–H groups in total. The van der Waals surface area contributed by atoms with Crippen LogP contribution < -0.4 is 5.73 Å². The molecule has 0 atom stereocenters. The molecule has 0 saturated heterocycles. The molecule has 14 heavy (non-hydrogen) atoms. The number of nitrogens with two attached hydrogens (primary N) is 1. The van der Waals surface area contributed by atoms with Crippen LogP contribution in [0.15, 0.2) is 18.5 Å². The Kier molecular flexibility index (Phi) is 1.75. The third kappa shape index (κ3) is 1.13. The molecule has 1 aromatic carbocycles. The van der Waals surface area contributed by atoms with Gasteiger partial charge in [-0.2, -0.15) is 5.26 Å². The van der Waals surface area contributed by atoms with Crippen LogP contribution in [-0.4, -0.2) is 9.97 Å². The highest BCUT2D eigenvalue weighted by molar-refractivity contribution is 5.88. The maximum Gasteiger partial charge on any atom is 0.143 e. The van der Waals surface area contributed by atoms with Crippen molar-refractivity contribution in [2.24, 2.45) is 0 Å². The van der Waals surface area contributed by atoms with Crippen molar-refractivity contribution in [1.29, 1.82) is 5.26 Å². The van der Waals surface area contributed by atoms with Gasteiger partial charge in [-0.25, -0.2) is 14.4 Å². The van der Waals surface area contributed by atoms with Gasteiger partial charge in [0.1, 0.15) is 24.0 Å². The fourth-order valence-electron chi connectivity index (χ4n) is 1.18. The highest BCUT2D eigenvalue weighted by atomic mass is 19.1. The molecule has 0 aliphatic heterocycles. The van der Waals surface area contributed by atoms with Crippen LogP contribution in [0, 0.1) is 17.1 Å². The van der Waals surface area contributed by atoms with Crippen LogP contribution in [0.25, 0.3) is 10.9 Å². The molecule has 4 nitrogen and oxygen atoms in total. The second-order valence-corrected chi connectivity index (χ2v) is 2.72. The summed E-state index contributed by atoms with van der Waals surface area (Å²) in [4.78, 5) is 7.58. The lowest BCUT2D eigenvalue weighted by atomic mass is 10.1. The quantitative estimate of drug-likeness (QED) is 0.674. The number of benzene rings is 1. The molecule has 2 rings (SSSR count). The van der Waals surface area contributed by atoms with E-state index in [1.54, 1.807) is 6.07 Å². The van der Waals surface area contributed by atoms with Gasteiger partial charge in [0.25, 0.3) is 0 Å². The lowest BCUT2D eigenvalue weighted by Gasteiger charge is -2.00. The van der Waals surface area contributed by atoms with E-state index in [0.717, 1.165) is 0 Å². The molecule has 0 aliphatic carbocycles. The van der Waals surface area contributed by atoms with E-state index in [-0.39, 0.29) is 11.4 Å². The summed E-state index contributed by atoms with van der Waals surface area (Å²) in [7, 11) is 0. The molecule has 0 spiro atoms. The summed E-state index contributed by atoms with van der Waals surface area (Å²) in [6.07, 6.45) is 1.25. The fraction of sp³-hybridized carbons (Fsp3) is 0. The Hall–Kier alpha value is -2.22. The van der Waals surface area contributed by atoms with Crippen molar-refractivity contribution in [2.75, 3.05) is 5.73 Å². The van der Waals surface area contributed by atoms with Crippen molar-refractivity contribution in [3.8, 4) is 6.07 Å². The van der Waals surface area contributed by atoms with E-state index < -0.39 is 5.82 Å². The second-order valence-electron chi connectivity index (χ2n) is 2.72. The molecule has 0 radical (unpaired) electrons. The first-order chi connectivity index (χ1) is 6.72. The number of fused-ring (bicyclic) bond motifs is 1. The summed E-state index contributed by atoms with van der Waals surface area (Å²) < 4.78 is 13.1. The fourth-order valence-corrected chi connectivity index (χ4v) is 1.18. The SMILES string of the molecule is N#Cc1cc2c(N)ncnc2cc1F. The van der Waals surface area contributed by atoms with E-state index in [4.69, 9.17) is 11.0 Å². The highest BCUT2D eigenvalue weighted by Gasteiger charge is 2.06. The summed E-state index contributed by atoms with van der Waals surface area (Å²) in [6, 6.07) is 4.25.